The average molecular weight is 283 g/mol. The molecule has 1 heterocycles. The third-order valence-corrected chi connectivity index (χ3v) is 3.59. The third-order valence-electron chi connectivity index (χ3n) is 3.59. The van der Waals surface area contributed by atoms with Crippen LogP contribution in [0.25, 0.3) is 0 Å². The van der Waals surface area contributed by atoms with Crippen LogP contribution in [0.1, 0.15) is 32.7 Å². The first-order valence-corrected chi connectivity index (χ1v) is 6.77. The largest absolute Gasteiger partial charge is 0.307 e. The summed E-state index contributed by atoms with van der Waals surface area (Å²) in [5, 5.41) is 0. The van der Waals surface area contributed by atoms with Gasteiger partial charge in [0, 0.05) is 24.1 Å². The molecular weight excluding hydrogens is 269 g/mol. The van der Waals surface area contributed by atoms with Crippen molar-refractivity contribution in [2.75, 3.05) is 11.4 Å². The van der Waals surface area contributed by atoms with Gasteiger partial charge in [-0.15, -0.1) is 0 Å². The lowest BCUT2D eigenvalue weighted by molar-refractivity contribution is 0.0955. The van der Waals surface area contributed by atoms with Crippen molar-refractivity contribution in [1.29, 1.82) is 0 Å². The highest BCUT2D eigenvalue weighted by molar-refractivity contribution is 6.13. The number of aryl methyl sites for hydroxylation is 1. The predicted octanol–water partition coefficient (Wildman–Crippen LogP) is 3.37. The summed E-state index contributed by atoms with van der Waals surface area (Å²) in [5.74, 6) is -0.678. The Kier molecular flexibility index (Phi) is 3.29. The molecule has 0 atom stereocenters. The summed E-state index contributed by atoms with van der Waals surface area (Å²) in [6.45, 7) is 2.07. The molecule has 0 bridgehead atoms. The molecule has 1 amide bonds. The second-order valence-corrected chi connectivity index (χ2v) is 5.16. The number of halogens is 1. The van der Waals surface area contributed by atoms with Crippen molar-refractivity contribution in [3.05, 3.63) is 65.0 Å². The smallest absolute Gasteiger partial charge is 0.258 e. The number of Topliss-reactive ketones (excluding diaryl/α,β-unsaturated/α-hetero) is 1. The predicted molar refractivity (Wildman–Crippen MR) is 78.2 cm³/mol. The number of para-hydroxylation sites is 1. The molecule has 4 heteroatoms. The Balaban J connectivity index is 2.03. The molecule has 0 aliphatic carbocycles. The van der Waals surface area contributed by atoms with Crippen molar-refractivity contribution >= 4 is 17.4 Å². The Bertz CT molecular complexity index is 719. The van der Waals surface area contributed by atoms with Crippen LogP contribution in [0.3, 0.4) is 0 Å². The fourth-order valence-electron chi connectivity index (χ4n) is 2.64. The highest BCUT2D eigenvalue weighted by Gasteiger charge is 2.27. The number of carbonyl (C=O) groups excluding carboxylic acids is 2. The first kappa shape index (κ1) is 13.5. The number of rotatable bonds is 1. The average Bonchev–Trinajstić information content (AvgIpc) is 2.46. The zero-order valence-corrected chi connectivity index (χ0v) is 11.6. The van der Waals surface area contributed by atoms with Crippen LogP contribution < -0.4 is 4.90 Å². The lowest BCUT2D eigenvalue weighted by Gasteiger charge is -2.28. The number of ketones is 1. The lowest BCUT2D eigenvalue weighted by atomic mass is 9.99. The molecule has 0 saturated heterocycles. The number of carbonyl (C=O) groups is 2. The Morgan fingerprint density at radius 1 is 1.19 bits per heavy atom. The van der Waals surface area contributed by atoms with Crippen LogP contribution in [0.4, 0.5) is 10.1 Å². The first-order valence-electron chi connectivity index (χ1n) is 6.77. The number of hydrogen-bond donors (Lipinski definition) is 0. The van der Waals surface area contributed by atoms with Gasteiger partial charge in [0.1, 0.15) is 5.82 Å². The first-order chi connectivity index (χ1) is 10.1. The van der Waals surface area contributed by atoms with Gasteiger partial charge in [-0.05, 0) is 42.8 Å². The molecule has 1 aliphatic rings. The molecule has 0 saturated carbocycles. The van der Waals surface area contributed by atoms with Crippen molar-refractivity contribution in [1.82, 2.24) is 0 Å². The standard InChI is InChI=1S/C17H14FNO2/c1-11-8-12(10-13(18)9-11)17(21)19-7-6-16(20)14-4-2-3-5-15(14)19/h2-5,8-10H,6-7H2,1H3. The molecule has 0 N–H and O–H groups in total. The fourth-order valence-corrected chi connectivity index (χ4v) is 2.64. The van der Waals surface area contributed by atoms with Crippen LogP contribution >= 0.6 is 0 Å². The van der Waals surface area contributed by atoms with Crippen molar-refractivity contribution in [3.63, 3.8) is 0 Å². The zero-order chi connectivity index (χ0) is 15.0. The number of fused-ring (bicyclic) bond motifs is 1. The van der Waals surface area contributed by atoms with E-state index < -0.39 is 5.82 Å². The number of amides is 1. The molecule has 0 spiro atoms. The molecule has 3 rings (SSSR count). The van der Waals surface area contributed by atoms with E-state index in [0.29, 0.717) is 28.9 Å². The van der Waals surface area contributed by atoms with Crippen LogP contribution in [-0.2, 0) is 0 Å². The van der Waals surface area contributed by atoms with Crippen molar-refractivity contribution < 1.29 is 14.0 Å². The van der Waals surface area contributed by atoms with Crippen molar-refractivity contribution in [2.24, 2.45) is 0 Å². The van der Waals surface area contributed by atoms with E-state index in [-0.39, 0.29) is 18.1 Å². The van der Waals surface area contributed by atoms with E-state index in [9.17, 15) is 14.0 Å². The van der Waals surface area contributed by atoms with E-state index in [1.807, 2.05) is 0 Å². The normalized spacial score (nSPS) is 14.0. The maximum atomic E-state index is 13.5. The summed E-state index contributed by atoms with van der Waals surface area (Å²) in [5.41, 5.74) is 2.14. The van der Waals surface area contributed by atoms with E-state index in [1.54, 1.807) is 42.2 Å². The number of nitrogens with zero attached hydrogens (tertiary/aromatic N) is 1. The molecule has 2 aromatic rings. The second-order valence-electron chi connectivity index (χ2n) is 5.16. The fraction of sp³-hybridized carbons (Fsp3) is 0.176. The maximum absolute atomic E-state index is 13.5. The van der Waals surface area contributed by atoms with E-state index in [4.69, 9.17) is 0 Å². The highest BCUT2D eigenvalue weighted by Crippen LogP contribution is 2.28. The summed E-state index contributed by atoms with van der Waals surface area (Å²) >= 11 is 0. The molecule has 0 radical (unpaired) electrons. The Morgan fingerprint density at radius 3 is 2.71 bits per heavy atom. The minimum atomic E-state index is -0.431. The lowest BCUT2D eigenvalue weighted by Crippen LogP contribution is -2.37. The summed E-state index contributed by atoms with van der Waals surface area (Å²) in [7, 11) is 0. The Labute approximate surface area is 122 Å². The van der Waals surface area contributed by atoms with Gasteiger partial charge < -0.3 is 4.90 Å². The van der Waals surface area contributed by atoms with Gasteiger partial charge in [-0.2, -0.15) is 0 Å². The van der Waals surface area contributed by atoms with Crippen molar-refractivity contribution in [3.8, 4) is 0 Å². The van der Waals surface area contributed by atoms with Gasteiger partial charge in [0.2, 0.25) is 0 Å². The van der Waals surface area contributed by atoms with Gasteiger partial charge in [-0.25, -0.2) is 4.39 Å². The van der Waals surface area contributed by atoms with Gasteiger partial charge >= 0.3 is 0 Å². The topological polar surface area (TPSA) is 37.4 Å². The van der Waals surface area contributed by atoms with Gasteiger partial charge in [0.25, 0.3) is 5.91 Å². The molecule has 0 aromatic heterocycles. The summed E-state index contributed by atoms with van der Waals surface area (Å²) < 4.78 is 13.5. The molecule has 1 aliphatic heterocycles. The molecular formula is C17H14FNO2. The molecule has 0 unspecified atom stereocenters. The van der Waals surface area contributed by atoms with Crippen LogP contribution in [0.2, 0.25) is 0 Å². The van der Waals surface area contributed by atoms with Gasteiger partial charge in [0.05, 0.1) is 5.69 Å². The molecule has 2 aromatic carbocycles. The van der Waals surface area contributed by atoms with Gasteiger partial charge in [0.15, 0.2) is 5.78 Å². The van der Waals surface area contributed by atoms with Gasteiger partial charge in [-0.1, -0.05) is 12.1 Å². The second kappa shape index (κ2) is 5.13. The monoisotopic (exact) mass is 283 g/mol. The maximum Gasteiger partial charge on any atom is 0.258 e. The summed E-state index contributed by atoms with van der Waals surface area (Å²) in [6, 6.07) is 11.3. The van der Waals surface area contributed by atoms with Crippen molar-refractivity contribution in [2.45, 2.75) is 13.3 Å². The van der Waals surface area contributed by atoms with Gasteiger partial charge in [-0.3, -0.25) is 9.59 Å². The minimum absolute atomic E-state index is 0.0325. The van der Waals surface area contributed by atoms with Crippen LogP contribution in [0.5, 0.6) is 0 Å². The van der Waals surface area contributed by atoms with E-state index >= 15 is 0 Å². The molecule has 106 valence electrons. The van der Waals surface area contributed by atoms with Crippen LogP contribution in [0.15, 0.2) is 42.5 Å². The van der Waals surface area contributed by atoms with Crippen LogP contribution in [0, 0.1) is 12.7 Å². The summed E-state index contributed by atoms with van der Waals surface area (Å²) in [4.78, 5) is 26.1. The molecule has 21 heavy (non-hydrogen) atoms. The minimum Gasteiger partial charge on any atom is -0.307 e. The zero-order valence-electron chi connectivity index (χ0n) is 11.6. The summed E-state index contributed by atoms with van der Waals surface area (Å²) in [6.07, 6.45) is 0.289. The highest BCUT2D eigenvalue weighted by atomic mass is 19.1. The quantitative estimate of drug-likeness (QED) is 0.804. The van der Waals surface area contributed by atoms with E-state index in [1.165, 1.54) is 12.1 Å². The molecule has 3 nitrogen and oxygen atoms in total. The van der Waals surface area contributed by atoms with E-state index in [0.717, 1.165) is 0 Å². The Morgan fingerprint density at radius 2 is 1.95 bits per heavy atom. The molecule has 0 fully saturated rings. The number of anilines is 1. The third kappa shape index (κ3) is 2.44. The van der Waals surface area contributed by atoms with E-state index in [2.05, 4.69) is 0 Å². The van der Waals surface area contributed by atoms with Crippen LogP contribution in [-0.4, -0.2) is 18.2 Å². The SMILES string of the molecule is Cc1cc(F)cc(C(=O)N2CCC(=O)c3ccccc32)c1. The number of hydrogen-bond acceptors (Lipinski definition) is 2. The number of benzene rings is 2. The Hall–Kier alpha value is -2.49.